The molecule has 2 nitrogen and oxygen atoms in total. The summed E-state index contributed by atoms with van der Waals surface area (Å²) in [7, 11) is 0. The van der Waals surface area contributed by atoms with Crippen LogP contribution in [-0.4, -0.2) is 13.2 Å². The first-order chi connectivity index (χ1) is 6.31. The number of benzene rings is 1. The third-order valence-electron chi connectivity index (χ3n) is 1.96. The molecule has 1 saturated heterocycles. The molecule has 0 N–H and O–H groups in total. The molecule has 0 spiro atoms. The molecular weight excluding hydrogens is 171 g/mol. The minimum atomic E-state index is -0.310. The van der Waals surface area contributed by atoms with E-state index >= 15 is 0 Å². The average Bonchev–Trinajstić information content (AvgIpc) is 2.91. The fourth-order valence-corrected chi connectivity index (χ4v) is 1.23. The van der Waals surface area contributed by atoms with E-state index in [9.17, 15) is 4.39 Å². The molecule has 3 heteroatoms. The maximum Gasteiger partial charge on any atom is 0.165 e. The molecule has 0 aromatic heterocycles. The maximum absolute atomic E-state index is 13.2. The van der Waals surface area contributed by atoms with E-state index < -0.39 is 0 Å². The van der Waals surface area contributed by atoms with Crippen LogP contribution in [0.15, 0.2) is 18.2 Å². The Morgan fingerprint density at radius 1 is 1.62 bits per heavy atom. The van der Waals surface area contributed by atoms with Gasteiger partial charge in [0.1, 0.15) is 6.10 Å². The second-order valence-corrected chi connectivity index (χ2v) is 2.94. The monoisotopic (exact) mass is 182 g/mol. The largest absolute Gasteiger partial charge is 0.491 e. The summed E-state index contributed by atoms with van der Waals surface area (Å²) in [4.78, 5) is 0. The molecule has 0 radical (unpaired) electrons. The van der Waals surface area contributed by atoms with Crippen LogP contribution in [0.4, 0.5) is 4.39 Å². The molecule has 0 amide bonds. The number of epoxide rings is 1. The summed E-state index contributed by atoms with van der Waals surface area (Å²) in [6, 6.07) is 4.96. The fourth-order valence-electron chi connectivity index (χ4n) is 1.23. The first-order valence-corrected chi connectivity index (χ1v) is 4.35. The third kappa shape index (κ3) is 1.80. The van der Waals surface area contributed by atoms with E-state index in [0.29, 0.717) is 19.0 Å². The molecule has 0 saturated carbocycles. The van der Waals surface area contributed by atoms with Crippen LogP contribution in [-0.2, 0) is 4.74 Å². The van der Waals surface area contributed by atoms with Gasteiger partial charge in [0, 0.05) is 0 Å². The van der Waals surface area contributed by atoms with Gasteiger partial charge < -0.3 is 9.47 Å². The van der Waals surface area contributed by atoms with Crippen molar-refractivity contribution in [3.05, 3.63) is 29.6 Å². The number of hydrogen-bond donors (Lipinski definition) is 0. The summed E-state index contributed by atoms with van der Waals surface area (Å²) in [5, 5.41) is 0. The van der Waals surface area contributed by atoms with Crippen molar-refractivity contribution in [3.63, 3.8) is 0 Å². The van der Waals surface area contributed by atoms with E-state index in [1.54, 1.807) is 6.07 Å². The first kappa shape index (κ1) is 8.51. The lowest BCUT2D eigenvalue weighted by atomic mass is 10.1. The average molecular weight is 182 g/mol. The Bertz CT molecular complexity index is 308. The predicted molar refractivity (Wildman–Crippen MR) is 46.3 cm³/mol. The molecule has 13 heavy (non-hydrogen) atoms. The first-order valence-electron chi connectivity index (χ1n) is 4.35. The third-order valence-corrected chi connectivity index (χ3v) is 1.96. The van der Waals surface area contributed by atoms with Crippen LogP contribution in [0.3, 0.4) is 0 Å². The van der Waals surface area contributed by atoms with Gasteiger partial charge in [0.15, 0.2) is 11.6 Å². The van der Waals surface area contributed by atoms with Gasteiger partial charge >= 0.3 is 0 Å². The van der Waals surface area contributed by atoms with E-state index in [2.05, 4.69) is 0 Å². The smallest absolute Gasteiger partial charge is 0.165 e. The van der Waals surface area contributed by atoms with Gasteiger partial charge in [-0.3, -0.25) is 0 Å². The summed E-state index contributed by atoms with van der Waals surface area (Å²) < 4.78 is 23.4. The summed E-state index contributed by atoms with van der Waals surface area (Å²) in [5.74, 6) is 0.00162. The molecule has 1 aliphatic heterocycles. The van der Waals surface area contributed by atoms with Crippen molar-refractivity contribution < 1.29 is 13.9 Å². The summed E-state index contributed by atoms with van der Waals surface area (Å²) in [6.45, 7) is 3.01. The number of rotatable bonds is 3. The molecule has 1 atom stereocenters. The van der Waals surface area contributed by atoms with Gasteiger partial charge in [0.05, 0.1) is 13.2 Å². The normalized spacial score (nSPS) is 20.0. The molecule has 1 heterocycles. The molecule has 1 aromatic carbocycles. The molecule has 1 aliphatic rings. The molecule has 1 unspecified atom stereocenters. The van der Waals surface area contributed by atoms with E-state index in [1.807, 2.05) is 13.0 Å². The van der Waals surface area contributed by atoms with E-state index in [0.717, 1.165) is 5.56 Å². The molecule has 0 aliphatic carbocycles. The van der Waals surface area contributed by atoms with Gasteiger partial charge in [0.2, 0.25) is 0 Å². The Labute approximate surface area is 76.3 Å². The highest BCUT2D eigenvalue weighted by atomic mass is 19.1. The summed E-state index contributed by atoms with van der Waals surface area (Å²) in [5.41, 5.74) is 0.890. The second-order valence-electron chi connectivity index (χ2n) is 2.94. The van der Waals surface area contributed by atoms with Gasteiger partial charge in [0.25, 0.3) is 0 Å². The Morgan fingerprint density at radius 2 is 2.38 bits per heavy atom. The lowest BCUT2D eigenvalue weighted by Crippen LogP contribution is -1.95. The van der Waals surface area contributed by atoms with Crippen LogP contribution in [0.25, 0.3) is 0 Å². The van der Waals surface area contributed by atoms with Crippen molar-refractivity contribution in [1.82, 2.24) is 0 Å². The lowest BCUT2D eigenvalue weighted by Gasteiger charge is -2.04. The van der Waals surface area contributed by atoms with Crippen molar-refractivity contribution in [2.75, 3.05) is 13.2 Å². The Morgan fingerprint density at radius 3 is 2.92 bits per heavy atom. The topological polar surface area (TPSA) is 21.8 Å². The van der Waals surface area contributed by atoms with E-state index in [-0.39, 0.29) is 11.9 Å². The zero-order valence-electron chi connectivity index (χ0n) is 7.42. The SMILES string of the molecule is CCOc1ccc(C2CO2)cc1F. The maximum atomic E-state index is 13.2. The zero-order valence-corrected chi connectivity index (χ0v) is 7.42. The Balaban J connectivity index is 2.21. The highest BCUT2D eigenvalue weighted by Crippen LogP contribution is 2.32. The van der Waals surface area contributed by atoms with Crippen LogP contribution in [0.5, 0.6) is 5.75 Å². The molecule has 2 rings (SSSR count). The molecule has 70 valence electrons. The van der Waals surface area contributed by atoms with Gasteiger partial charge in [-0.15, -0.1) is 0 Å². The van der Waals surface area contributed by atoms with Gasteiger partial charge in [-0.25, -0.2) is 4.39 Å². The minimum absolute atomic E-state index is 0.102. The van der Waals surface area contributed by atoms with Crippen LogP contribution in [0.2, 0.25) is 0 Å². The zero-order chi connectivity index (χ0) is 9.26. The van der Waals surface area contributed by atoms with Gasteiger partial charge in [-0.05, 0) is 24.6 Å². The van der Waals surface area contributed by atoms with Crippen molar-refractivity contribution in [2.24, 2.45) is 0 Å². The molecule has 1 fully saturated rings. The standard InChI is InChI=1S/C10H11FO2/c1-2-12-9-4-3-7(5-8(9)11)10-6-13-10/h3-5,10H,2,6H2,1H3. The lowest BCUT2D eigenvalue weighted by molar-refractivity contribution is 0.321. The van der Waals surface area contributed by atoms with Crippen molar-refractivity contribution >= 4 is 0 Å². The molecular formula is C10H11FO2. The molecule has 1 aromatic rings. The van der Waals surface area contributed by atoms with E-state index in [4.69, 9.17) is 9.47 Å². The van der Waals surface area contributed by atoms with Gasteiger partial charge in [-0.1, -0.05) is 6.07 Å². The number of ether oxygens (including phenoxy) is 2. The van der Waals surface area contributed by atoms with Crippen LogP contribution in [0.1, 0.15) is 18.6 Å². The second kappa shape index (κ2) is 3.34. The van der Waals surface area contributed by atoms with Gasteiger partial charge in [-0.2, -0.15) is 0 Å². The highest BCUT2D eigenvalue weighted by Gasteiger charge is 2.25. The fraction of sp³-hybridized carbons (Fsp3) is 0.400. The van der Waals surface area contributed by atoms with E-state index in [1.165, 1.54) is 6.07 Å². The Kier molecular flexibility index (Phi) is 2.19. The summed E-state index contributed by atoms with van der Waals surface area (Å²) in [6.07, 6.45) is 0.102. The highest BCUT2D eigenvalue weighted by molar-refractivity contribution is 5.31. The number of hydrogen-bond acceptors (Lipinski definition) is 2. The van der Waals surface area contributed by atoms with Crippen molar-refractivity contribution in [1.29, 1.82) is 0 Å². The van der Waals surface area contributed by atoms with Crippen molar-refractivity contribution in [2.45, 2.75) is 13.0 Å². The predicted octanol–water partition coefficient (Wildman–Crippen LogP) is 2.30. The summed E-state index contributed by atoms with van der Waals surface area (Å²) >= 11 is 0. The van der Waals surface area contributed by atoms with Crippen LogP contribution >= 0.6 is 0 Å². The molecule has 0 bridgehead atoms. The Hall–Kier alpha value is -1.09. The minimum Gasteiger partial charge on any atom is -0.491 e. The van der Waals surface area contributed by atoms with Crippen LogP contribution in [0, 0.1) is 5.82 Å². The van der Waals surface area contributed by atoms with Crippen LogP contribution < -0.4 is 4.74 Å². The quantitative estimate of drug-likeness (QED) is 0.669. The number of halogens is 1. The van der Waals surface area contributed by atoms with Crippen molar-refractivity contribution in [3.8, 4) is 5.75 Å².